The van der Waals surface area contributed by atoms with Crippen LogP contribution in [0.3, 0.4) is 0 Å². The highest BCUT2D eigenvalue weighted by molar-refractivity contribution is 5.81. The van der Waals surface area contributed by atoms with Gasteiger partial charge in [0.05, 0.1) is 12.3 Å². The third-order valence-corrected chi connectivity index (χ3v) is 4.02. The minimum absolute atomic E-state index is 0.717. The van der Waals surface area contributed by atoms with Gasteiger partial charge in [0.15, 0.2) is 0 Å². The van der Waals surface area contributed by atoms with Crippen LogP contribution < -0.4 is 0 Å². The summed E-state index contributed by atoms with van der Waals surface area (Å²) in [5.74, 6) is 0.800. The second kappa shape index (κ2) is 9.53. The van der Waals surface area contributed by atoms with Gasteiger partial charge in [0.25, 0.3) is 0 Å². The van der Waals surface area contributed by atoms with Crippen molar-refractivity contribution in [2.24, 2.45) is 4.99 Å². The summed E-state index contributed by atoms with van der Waals surface area (Å²) in [4.78, 5) is 15.0. The third-order valence-electron chi connectivity index (χ3n) is 4.02. The Bertz CT molecular complexity index is 469. The highest BCUT2D eigenvalue weighted by atomic mass is 16.7. The molecule has 0 amide bonds. The lowest BCUT2D eigenvalue weighted by Gasteiger charge is -2.28. The molecule has 2 rings (SSSR count). The van der Waals surface area contributed by atoms with Crippen molar-refractivity contribution in [3.63, 3.8) is 0 Å². The number of benzene rings is 1. The van der Waals surface area contributed by atoms with Crippen molar-refractivity contribution in [3.8, 4) is 0 Å². The summed E-state index contributed by atoms with van der Waals surface area (Å²) in [5, 5.41) is 1.77. The van der Waals surface area contributed by atoms with Gasteiger partial charge in [-0.25, -0.2) is 10.1 Å². The van der Waals surface area contributed by atoms with E-state index in [-0.39, 0.29) is 0 Å². The normalized spacial score (nSPS) is 16.4. The van der Waals surface area contributed by atoms with E-state index in [0.29, 0.717) is 6.61 Å². The zero-order valence-corrected chi connectivity index (χ0v) is 14.7. The molecule has 0 aromatic heterocycles. The van der Waals surface area contributed by atoms with Gasteiger partial charge in [0.2, 0.25) is 5.96 Å². The van der Waals surface area contributed by atoms with Crippen molar-refractivity contribution >= 4 is 11.6 Å². The molecule has 1 aliphatic heterocycles. The number of nitrogens with zero attached hydrogens (tertiary/aromatic N) is 4. The van der Waals surface area contributed by atoms with Crippen molar-refractivity contribution in [2.45, 2.75) is 25.7 Å². The van der Waals surface area contributed by atoms with Crippen LogP contribution in [0.2, 0.25) is 0 Å². The second-order valence-electron chi connectivity index (χ2n) is 6.23. The van der Waals surface area contributed by atoms with Gasteiger partial charge in [-0.3, -0.25) is 4.84 Å². The molecule has 5 heteroatoms. The predicted octanol–water partition coefficient (Wildman–Crippen LogP) is 2.98. The van der Waals surface area contributed by atoms with Crippen molar-refractivity contribution < 1.29 is 4.84 Å². The van der Waals surface area contributed by atoms with Gasteiger partial charge in [0.1, 0.15) is 0 Å². The first-order valence-corrected chi connectivity index (χ1v) is 8.57. The van der Waals surface area contributed by atoms with Crippen LogP contribution in [0.4, 0.5) is 5.69 Å². The summed E-state index contributed by atoms with van der Waals surface area (Å²) in [7, 11) is 5.88. The Hall–Kier alpha value is -1.59. The molecule has 128 valence electrons. The molecule has 0 atom stereocenters. The number of hydroxylamine groups is 2. The average molecular weight is 318 g/mol. The molecule has 0 aliphatic carbocycles. The maximum atomic E-state index is 5.86. The van der Waals surface area contributed by atoms with Crippen LogP contribution in [0.5, 0.6) is 0 Å². The molecule has 1 saturated heterocycles. The monoisotopic (exact) mass is 318 g/mol. The molecule has 1 aromatic carbocycles. The Morgan fingerprint density at radius 3 is 2.43 bits per heavy atom. The van der Waals surface area contributed by atoms with Gasteiger partial charge in [-0.05, 0) is 44.5 Å². The highest BCUT2D eigenvalue weighted by Gasteiger charge is 2.12. The van der Waals surface area contributed by atoms with Crippen LogP contribution in [-0.4, -0.2) is 68.2 Å². The number of piperidine rings is 1. The molecular weight excluding hydrogens is 288 g/mol. The summed E-state index contributed by atoms with van der Waals surface area (Å²) in [6.07, 6.45) is 5.12. The molecule has 0 N–H and O–H groups in total. The van der Waals surface area contributed by atoms with Crippen LogP contribution in [0.25, 0.3) is 0 Å². The zero-order valence-electron chi connectivity index (χ0n) is 14.7. The maximum absolute atomic E-state index is 5.86. The van der Waals surface area contributed by atoms with Crippen molar-refractivity contribution in [2.75, 3.05) is 47.4 Å². The van der Waals surface area contributed by atoms with Crippen LogP contribution in [0, 0.1) is 0 Å². The lowest BCUT2D eigenvalue weighted by molar-refractivity contribution is -0.0894. The van der Waals surface area contributed by atoms with E-state index in [1.54, 1.807) is 5.06 Å². The van der Waals surface area contributed by atoms with Gasteiger partial charge in [0, 0.05) is 27.7 Å². The fourth-order valence-electron chi connectivity index (χ4n) is 2.80. The minimum atomic E-state index is 0.717. The largest absolute Gasteiger partial charge is 0.347 e. The van der Waals surface area contributed by atoms with E-state index in [2.05, 4.69) is 9.89 Å². The summed E-state index contributed by atoms with van der Waals surface area (Å²) >= 11 is 0. The lowest BCUT2D eigenvalue weighted by Crippen LogP contribution is -2.38. The Kier molecular flexibility index (Phi) is 7.36. The van der Waals surface area contributed by atoms with Gasteiger partial charge in [-0.15, -0.1) is 0 Å². The molecule has 1 aliphatic rings. The van der Waals surface area contributed by atoms with E-state index in [9.17, 15) is 0 Å². The number of aliphatic imine (C=N–C) groups is 1. The van der Waals surface area contributed by atoms with Crippen molar-refractivity contribution in [1.29, 1.82) is 0 Å². The van der Waals surface area contributed by atoms with Crippen LogP contribution in [0.15, 0.2) is 35.3 Å². The Labute approximate surface area is 140 Å². The van der Waals surface area contributed by atoms with Crippen molar-refractivity contribution in [1.82, 2.24) is 14.9 Å². The van der Waals surface area contributed by atoms with Gasteiger partial charge >= 0.3 is 0 Å². The number of likely N-dealkylation sites (tertiary alicyclic amines) is 1. The molecular formula is C18H30N4O. The maximum Gasteiger partial charge on any atom is 0.225 e. The first-order valence-electron chi connectivity index (χ1n) is 8.57. The Balaban J connectivity index is 1.79. The molecule has 1 aromatic rings. The second-order valence-corrected chi connectivity index (χ2v) is 6.23. The van der Waals surface area contributed by atoms with Gasteiger partial charge in [-0.2, -0.15) is 0 Å². The Morgan fingerprint density at radius 2 is 1.78 bits per heavy atom. The van der Waals surface area contributed by atoms with Crippen LogP contribution in [-0.2, 0) is 4.84 Å². The molecule has 0 bridgehead atoms. The lowest BCUT2D eigenvalue weighted by atomic mass is 10.1. The minimum Gasteiger partial charge on any atom is -0.347 e. The van der Waals surface area contributed by atoms with E-state index in [4.69, 9.17) is 4.84 Å². The molecule has 0 spiro atoms. The molecule has 0 saturated carbocycles. The summed E-state index contributed by atoms with van der Waals surface area (Å²) in [6.45, 7) is 4.33. The van der Waals surface area contributed by atoms with E-state index in [1.165, 1.54) is 32.4 Å². The van der Waals surface area contributed by atoms with Crippen LogP contribution in [0.1, 0.15) is 25.7 Å². The van der Waals surface area contributed by atoms with Crippen LogP contribution >= 0.6 is 0 Å². The van der Waals surface area contributed by atoms with Crippen molar-refractivity contribution in [3.05, 3.63) is 30.3 Å². The van der Waals surface area contributed by atoms with Gasteiger partial charge in [-0.1, -0.05) is 24.6 Å². The van der Waals surface area contributed by atoms with Gasteiger partial charge < -0.3 is 9.80 Å². The number of hydrogen-bond acceptors (Lipinski definition) is 3. The molecule has 1 heterocycles. The smallest absolute Gasteiger partial charge is 0.225 e. The quantitative estimate of drug-likeness (QED) is 0.349. The predicted molar refractivity (Wildman–Crippen MR) is 95.8 cm³/mol. The first kappa shape index (κ1) is 17.8. The molecule has 23 heavy (non-hydrogen) atoms. The standard InChI is InChI=1S/C18H30N4O/c1-20(2)18(19-17-11-6-4-7-12-17)21(3)23-16-10-15-22-13-8-5-9-14-22/h4,6-7,11-12H,5,8-10,13-16H2,1-3H3. The summed E-state index contributed by atoms with van der Waals surface area (Å²) in [6, 6.07) is 9.97. The zero-order chi connectivity index (χ0) is 16.5. The highest BCUT2D eigenvalue weighted by Crippen LogP contribution is 2.12. The first-order chi connectivity index (χ1) is 11.2. The topological polar surface area (TPSA) is 31.3 Å². The summed E-state index contributed by atoms with van der Waals surface area (Å²) in [5.41, 5.74) is 0.931. The van der Waals surface area contributed by atoms with E-state index < -0.39 is 0 Å². The number of hydrogen-bond donors (Lipinski definition) is 0. The molecule has 0 radical (unpaired) electrons. The molecule has 5 nitrogen and oxygen atoms in total. The number of para-hydroxylation sites is 1. The fourth-order valence-corrected chi connectivity index (χ4v) is 2.80. The molecule has 0 unspecified atom stereocenters. The summed E-state index contributed by atoms with van der Waals surface area (Å²) < 4.78 is 0. The Morgan fingerprint density at radius 1 is 1.09 bits per heavy atom. The fraction of sp³-hybridized carbons (Fsp3) is 0.611. The SMILES string of the molecule is CN(C)C(=Nc1ccccc1)N(C)OCCCN1CCCCC1. The van der Waals surface area contributed by atoms with E-state index >= 15 is 0 Å². The number of guanidine groups is 1. The third kappa shape index (κ3) is 6.20. The molecule has 1 fully saturated rings. The number of rotatable bonds is 6. The van der Waals surface area contributed by atoms with E-state index in [1.807, 2.05) is 56.4 Å². The average Bonchev–Trinajstić information content (AvgIpc) is 2.58. The van der Waals surface area contributed by atoms with E-state index in [0.717, 1.165) is 24.6 Å².